The van der Waals surface area contributed by atoms with E-state index in [0.29, 0.717) is 0 Å². The molecule has 0 aliphatic rings. The number of hydrogen-bond donors (Lipinski definition) is 0. The van der Waals surface area contributed by atoms with Gasteiger partial charge >= 0.3 is 44.0 Å². The van der Waals surface area contributed by atoms with Crippen LogP contribution in [0.15, 0.2) is 0 Å². The molecule has 0 heterocycles. The van der Waals surface area contributed by atoms with Crippen molar-refractivity contribution < 1.29 is 65.9 Å². The summed E-state index contributed by atoms with van der Waals surface area (Å²) in [4.78, 5) is 0. The maximum atomic E-state index is 14.5. The fourth-order valence-corrected chi connectivity index (χ4v) is 5.30. The lowest BCUT2D eigenvalue weighted by atomic mass is 9.95. The van der Waals surface area contributed by atoms with Crippen LogP contribution in [0.1, 0.15) is 33.6 Å². The normalized spacial score (nSPS) is 15.6. The Hall–Kier alpha value is -0.773. The summed E-state index contributed by atoms with van der Waals surface area (Å²) >= 11 is 0. The van der Waals surface area contributed by atoms with Gasteiger partial charge in [-0.15, -0.1) is 0 Å². The van der Waals surface area contributed by atoms with E-state index in [9.17, 15) is 57.1 Å². The summed E-state index contributed by atoms with van der Waals surface area (Å²) in [7, 11) is -5.75. The van der Waals surface area contributed by atoms with Crippen LogP contribution in [-0.4, -0.2) is 57.2 Å². The topological polar surface area (TPSA) is 18.5 Å². The average Bonchev–Trinajstić information content (AvgIpc) is 2.58. The summed E-state index contributed by atoms with van der Waals surface area (Å²) in [6, 6.07) is -1.16. The van der Waals surface area contributed by atoms with Crippen molar-refractivity contribution in [1.82, 2.24) is 0 Å². The highest BCUT2D eigenvalue weighted by Crippen LogP contribution is 2.60. The first-order chi connectivity index (χ1) is 13.1. The van der Waals surface area contributed by atoms with Gasteiger partial charge in [0, 0.05) is 26.1 Å². The van der Waals surface area contributed by atoms with E-state index in [4.69, 9.17) is 0 Å². The van der Waals surface area contributed by atoms with E-state index in [2.05, 4.69) is 8.85 Å². The molecule has 0 aliphatic heterocycles. The molecular formula is C14H19F13O2Si. The third-order valence-electron chi connectivity index (χ3n) is 4.06. The van der Waals surface area contributed by atoms with E-state index in [1.54, 1.807) is 0 Å². The molecule has 0 saturated carbocycles. The summed E-state index contributed by atoms with van der Waals surface area (Å²) in [5.41, 5.74) is -6.17. The first kappa shape index (κ1) is 29.2. The lowest BCUT2D eigenvalue weighted by Crippen LogP contribution is -2.75. The van der Waals surface area contributed by atoms with Crippen molar-refractivity contribution in [3.63, 3.8) is 0 Å². The number of hydrogen-bond acceptors (Lipinski definition) is 2. The average molecular weight is 494 g/mol. The first-order valence-electron chi connectivity index (χ1n) is 8.37. The van der Waals surface area contributed by atoms with E-state index >= 15 is 0 Å². The third-order valence-corrected chi connectivity index (χ3v) is 7.78. The van der Waals surface area contributed by atoms with Crippen LogP contribution in [0.4, 0.5) is 57.1 Å². The molecule has 0 aromatic rings. The van der Waals surface area contributed by atoms with Crippen LogP contribution in [0.25, 0.3) is 0 Å². The van der Waals surface area contributed by atoms with Gasteiger partial charge in [-0.05, 0) is 19.9 Å². The number of halogens is 13. The van der Waals surface area contributed by atoms with Gasteiger partial charge in [0.15, 0.2) is 0 Å². The number of rotatable bonds is 12. The maximum Gasteiger partial charge on any atom is 0.421 e. The molecule has 2 nitrogen and oxygen atoms in total. The van der Waals surface area contributed by atoms with Crippen LogP contribution in [0, 0.1) is 0 Å². The fraction of sp³-hybridized carbons (Fsp3) is 1.00. The highest BCUT2D eigenvalue weighted by Gasteiger charge is 2.90. The van der Waals surface area contributed by atoms with E-state index in [1.165, 1.54) is 0 Å². The lowest BCUT2D eigenvalue weighted by molar-refractivity contribution is -0.395. The van der Waals surface area contributed by atoms with Gasteiger partial charge in [0.2, 0.25) is 0 Å². The van der Waals surface area contributed by atoms with E-state index < -0.39 is 76.1 Å². The van der Waals surface area contributed by atoms with Crippen molar-refractivity contribution >= 4 is 8.56 Å². The second-order valence-electron chi connectivity index (χ2n) is 6.09. The minimum Gasteiger partial charge on any atom is -0.391 e. The molecule has 0 aromatic carbocycles. The highest BCUT2D eigenvalue weighted by atomic mass is 28.4. The van der Waals surface area contributed by atoms with Crippen LogP contribution < -0.4 is 0 Å². The Kier molecular flexibility index (Phi) is 8.76. The molecule has 0 rings (SSSR count). The smallest absolute Gasteiger partial charge is 0.391 e. The van der Waals surface area contributed by atoms with E-state index in [0.717, 1.165) is 20.8 Å². The summed E-state index contributed by atoms with van der Waals surface area (Å²) in [6.45, 7) is 1.10. The Morgan fingerprint density at radius 2 is 0.967 bits per heavy atom. The van der Waals surface area contributed by atoms with Crippen LogP contribution in [-0.2, 0) is 8.85 Å². The summed E-state index contributed by atoms with van der Waals surface area (Å²) in [6.07, 6.45) is -11.3. The van der Waals surface area contributed by atoms with Gasteiger partial charge in [-0.1, -0.05) is 6.92 Å². The van der Waals surface area contributed by atoms with Gasteiger partial charge in [-0.25, -0.2) is 0 Å². The minimum absolute atomic E-state index is 0.746. The van der Waals surface area contributed by atoms with Gasteiger partial charge in [0.05, 0.1) is 0 Å². The van der Waals surface area contributed by atoms with E-state index in [1.807, 2.05) is 0 Å². The van der Waals surface area contributed by atoms with Gasteiger partial charge in [0.1, 0.15) is 0 Å². The zero-order chi connectivity index (χ0) is 24.4. The largest absolute Gasteiger partial charge is 0.421 e. The van der Waals surface area contributed by atoms with Crippen molar-refractivity contribution in [3.8, 4) is 0 Å². The molecule has 0 bridgehead atoms. The predicted octanol–water partition coefficient (Wildman–Crippen LogP) is 6.58. The number of alkyl halides is 13. The van der Waals surface area contributed by atoms with Crippen LogP contribution in [0.3, 0.4) is 0 Å². The molecule has 0 aliphatic carbocycles. The lowest BCUT2D eigenvalue weighted by Gasteiger charge is -2.44. The van der Waals surface area contributed by atoms with Crippen LogP contribution in [0.2, 0.25) is 6.04 Å². The zero-order valence-corrected chi connectivity index (χ0v) is 16.8. The molecule has 0 atom stereocenters. The van der Waals surface area contributed by atoms with Gasteiger partial charge < -0.3 is 8.85 Å². The van der Waals surface area contributed by atoms with Crippen LogP contribution in [0.5, 0.6) is 0 Å². The monoisotopic (exact) mass is 494 g/mol. The standard InChI is InChI=1S/C14H19F13O2Si/c1-4-28-30(6-3,29-5-2)14(26,27)13(24,25)12(22,23)11(20,21)9(15,16)7-8-10(17,18)19/h4-8H2,1-3H3. The van der Waals surface area contributed by atoms with Crippen molar-refractivity contribution in [3.05, 3.63) is 0 Å². The Balaban J connectivity index is 6.42. The Bertz CT molecular complexity index is 557. The zero-order valence-electron chi connectivity index (χ0n) is 15.8. The van der Waals surface area contributed by atoms with Crippen LogP contribution >= 0.6 is 0 Å². The Morgan fingerprint density at radius 3 is 1.27 bits per heavy atom. The van der Waals surface area contributed by atoms with Gasteiger partial charge in [-0.2, -0.15) is 57.1 Å². The fourth-order valence-electron chi connectivity index (χ4n) is 2.43. The summed E-state index contributed by atoms with van der Waals surface area (Å²) < 4.78 is 184. The van der Waals surface area contributed by atoms with Gasteiger partial charge in [-0.3, -0.25) is 0 Å². The molecule has 0 radical (unpaired) electrons. The first-order valence-corrected chi connectivity index (χ1v) is 10.4. The van der Waals surface area contributed by atoms with Gasteiger partial charge in [0.25, 0.3) is 0 Å². The van der Waals surface area contributed by atoms with Crippen molar-refractivity contribution in [1.29, 1.82) is 0 Å². The molecular weight excluding hydrogens is 475 g/mol. The molecule has 0 aromatic heterocycles. The third kappa shape index (κ3) is 4.84. The molecule has 0 fully saturated rings. The van der Waals surface area contributed by atoms with E-state index in [-0.39, 0.29) is 0 Å². The Morgan fingerprint density at radius 1 is 0.567 bits per heavy atom. The van der Waals surface area contributed by atoms with Crippen molar-refractivity contribution in [2.45, 2.75) is 75.1 Å². The summed E-state index contributed by atoms with van der Waals surface area (Å²) in [5, 5.41) is 0. The molecule has 182 valence electrons. The molecule has 0 amide bonds. The molecule has 16 heteroatoms. The highest BCUT2D eigenvalue weighted by molar-refractivity contribution is 6.70. The Labute approximate surface area is 163 Å². The SMILES string of the molecule is CCO[Si](CC)(OCC)C(F)(F)C(F)(F)C(F)(F)C(F)(F)C(F)(F)CCC(F)(F)F. The minimum atomic E-state index is -7.47. The maximum absolute atomic E-state index is 14.5. The predicted molar refractivity (Wildman–Crippen MR) is 79.5 cm³/mol. The molecule has 30 heavy (non-hydrogen) atoms. The molecule has 0 unspecified atom stereocenters. The summed E-state index contributed by atoms with van der Waals surface area (Å²) in [5.74, 6) is -28.3. The molecule has 0 N–H and O–H groups in total. The quantitative estimate of drug-likeness (QED) is 0.226. The van der Waals surface area contributed by atoms with Crippen molar-refractivity contribution in [2.24, 2.45) is 0 Å². The second-order valence-corrected chi connectivity index (χ2v) is 9.51. The molecule has 0 saturated heterocycles. The molecule has 0 spiro atoms. The van der Waals surface area contributed by atoms with Crippen molar-refractivity contribution in [2.75, 3.05) is 13.2 Å². The second kappa shape index (κ2) is 9.00.